The maximum Gasteiger partial charge on any atom is 0.471 e. The van der Waals surface area contributed by atoms with E-state index in [0.717, 1.165) is 17.8 Å². The van der Waals surface area contributed by atoms with Gasteiger partial charge in [-0.05, 0) is 74.5 Å². The molecule has 1 aliphatic heterocycles. The molecule has 5 aliphatic rings. The van der Waals surface area contributed by atoms with Crippen molar-refractivity contribution in [2.75, 3.05) is 13.1 Å². The summed E-state index contributed by atoms with van der Waals surface area (Å²) < 4.78 is 37.0. The molecule has 4 bridgehead atoms. The molecule has 5 rings (SSSR count). The fourth-order valence-electron chi connectivity index (χ4n) is 6.48. The number of hydrogen-bond donors (Lipinski definition) is 1. The van der Waals surface area contributed by atoms with Crippen molar-refractivity contribution in [1.82, 2.24) is 10.2 Å². The molecular weight excluding hydrogens is 345 g/mol. The molecule has 4 nitrogen and oxygen atoms in total. The van der Waals surface area contributed by atoms with Crippen LogP contribution in [0.3, 0.4) is 0 Å². The van der Waals surface area contributed by atoms with Gasteiger partial charge in [-0.15, -0.1) is 0 Å². The number of carbonyl (C=O) groups excluding carboxylic acids is 2. The van der Waals surface area contributed by atoms with Crippen LogP contribution in [-0.4, -0.2) is 42.0 Å². The van der Waals surface area contributed by atoms with Crippen molar-refractivity contribution in [1.29, 1.82) is 0 Å². The summed E-state index contributed by atoms with van der Waals surface area (Å²) in [6, 6.07) is -0.493. The number of rotatable bonds is 3. The molecule has 1 heterocycles. The molecule has 0 aromatic carbocycles. The first-order chi connectivity index (χ1) is 12.2. The van der Waals surface area contributed by atoms with Crippen LogP contribution >= 0.6 is 0 Å². The van der Waals surface area contributed by atoms with E-state index in [4.69, 9.17) is 0 Å². The lowest BCUT2D eigenvalue weighted by molar-refractivity contribution is -0.174. The van der Waals surface area contributed by atoms with E-state index in [2.05, 4.69) is 0 Å². The molecule has 2 amide bonds. The van der Waals surface area contributed by atoms with E-state index < -0.39 is 18.1 Å². The van der Waals surface area contributed by atoms with Crippen LogP contribution in [0.25, 0.3) is 0 Å². The minimum absolute atomic E-state index is 0.160. The summed E-state index contributed by atoms with van der Waals surface area (Å²) in [5.41, 5.74) is 0.188. The molecule has 0 radical (unpaired) electrons. The van der Waals surface area contributed by atoms with Gasteiger partial charge >= 0.3 is 12.1 Å². The van der Waals surface area contributed by atoms with Gasteiger partial charge in [0.25, 0.3) is 0 Å². The fourth-order valence-corrected chi connectivity index (χ4v) is 6.48. The van der Waals surface area contributed by atoms with Gasteiger partial charge in [0.2, 0.25) is 5.91 Å². The summed E-state index contributed by atoms with van der Waals surface area (Å²) in [6.45, 7) is 0.877. The second-order valence-electron chi connectivity index (χ2n) is 9.22. The quantitative estimate of drug-likeness (QED) is 0.827. The molecule has 1 saturated heterocycles. The molecule has 5 fully saturated rings. The van der Waals surface area contributed by atoms with Gasteiger partial charge in [-0.3, -0.25) is 9.59 Å². The number of alkyl halides is 3. The van der Waals surface area contributed by atoms with Crippen LogP contribution in [0.5, 0.6) is 0 Å². The predicted octanol–water partition coefficient (Wildman–Crippen LogP) is 3.26. The van der Waals surface area contributed by atoms with E-state index >= 15 is 0 Å². The minimum atomic E-state index is -4.84. The lowest BCUT2D eigenvalue weighted by atomic mass is 9.49. The van der Waals surface area contributed by atoms with Crippen LogP contribution in [0.2, 0.25) is 0 Å². The molecule has 0 atom stereocenters. The van der Waals surface area contributed by atoms with Gasteiger partial charge in [0.1, 0.15) is 0 Å². The topological polar surface area (TPSA) is 49.4 Å². The number of likely N-dealkylation sites (tertiary alicyclic amines) is 1. The first-order valence-corrected chi connectivity index (χ1v) is 9.88. The monoisotopic (exact) mass is 372 g/mol. The number of halogens is 3. The standard InChI is InChI=1S/C19H27F3N2O2/c20-19(21,22)17(26)23-15-1-3-24(4-2-15)16(25)11-18-8-12-5-13(9-18)7-14(6-12)10-18/h12-15H,1-11H2,(H,23,26). The van der Waals surface area contributed by atoms with Gasteiger partial charge < -0.3 is 10.2 Å². The van der Waals surface area contributed by atoms with E-state index in [9.17, 15) is 22.8 Å². The molecule has 4 aliphatic carbocycles. The van der Waals surface area contributed by atoms with Crippen molar-refractivity contribution in [3.05, 3.63) is 0 Å². The first-order valence-electron chi connectivity index (χ1n) is 9.88. The molecule has 0 aromatic heterocycles. The van der Waals surface area contributed by atoms with Gasteiger partial charge in [-0.1, -0.05) is 0 Å². The van der Waals surface area contributed by atoms with E-state index in [1.807, 2.05) is 5.32 Å². The third-order valence-electron chi connectivity index (χ3n) is 7.13. The van der Waals surface area contributed by atoms with Crippen molar-refractivity contribution in [3.63, 3.8) is 0 Å². The molecule has 7 heteroatoms. The normalized spacial score (nSPS) is 37.0. The minimum Gasteiger partial charge on any atom is -0.345 e. The maximum atomic E-state index is 12.8. The lowest BCUT2D eigenvalue weighted by Crippen LogP contribution is -2.51. The molecular formula is C19H27F3N2O2. The van der Waals surface area contributed by atoms with Crippen molar-refractivity contribution < 1.29 is 22.8 Å². The van der Waals surface area contributed by atoms with Gasteiger partial charge in [-0.2, -0.15) is 13.2 Å². The van der Waals surface area contributed by atoms with Crippen molar-refractivity contribution in [2.45, 2.75) is 70.0 Å². The largest absolute Gasteiger partial charge is 0.471 e. The number of amides is 2. The average molecular weight is 372 g/mol. The molecule has 0 spiro atoms. The third kappa shape index (κ3) is 3.58. The van der Waals surface area contributed by atoms with Gasteiger partial charge in [0, 0.05) is 25.6 Å². The average Bonchev–Trinajstić information content (AvgIpc) is 2.52. The highest BCUT2D eigenvalue weighted by molar-refractivity contribution is 5.82. The Hall–Kier alpha value is -1.27. The van der Waals surface area contributed by atoms with Crippen LogP contribution in [0.1, 0.15) is 57.8 Å². The van der Waals surface area contributed by atoms with Crippen LogP contribution in [0.15, 0.2) is 0 Å². The zero-order valence-corrected chi connectivity index (χ0v) is 15.0. The Balaban J connectivity index is 1.29. The van der Waals surface area contributed by atoms with E-state index in [1.54, 1.807) is 4.90 Å². The molecule has 4 saturated carbocycles. The zero-order valence-electron chi connectivity index (χ0n) is 15.0. The van der Waals surface area contributed by atoms with E-state index in [0.29, 0.717) is 32.4 Å². The highest BCUT2D eigenvalue weighted by atomic mass is 19.4. The Morgan fingerprint density at radius 2 is 1.46 bits per heavy atom. The highest BCUT2D eigenvalue weighted by Crippen LogP contribution is 2.61. The Morgan fingerprint density at radius 1 is 0.962 bits per heavy atom. The SMILES string of the molecule is O=C(CC12CC3CC(CC(C3)C1)C2)N1CCC(NC(=O)C(F)(F)F)CC1. The summed E-state index contributed by atoms with van der Waals surface area (Å²) >= 11 is 0. The second-order valence-corrected chi connectivity index (χ2v) is 9.22. The maximum absolute atomic E-state index is 12.8. The number of piperidine rings is 1. The number of nitrogens with one attached hydrogen (secondary N) is 1. The lowest BCUT2D eigenvalue weighted by Gasteiger charge is -2.57. The van der Waals surface area contributed by atoms with Gasteiger partial charge in [0.05, 0.1) is 0 Å². The van der Waals surface area contributed by atoms with Crippen LogP contribution in [-0.2, 0) is 9.59 Å². The zero-order chi connectivity index (χ0) is 18.5. The molecule has 26 heavy (non-hydrogen) atoms. The molecule has 146 valence electrons. The smallest absolute Gasteiger partial charge is 0.345 e. The third-order valence-corrected chi connectivity index (χ3v) is 7.13. The fraction of sp³-hybridized carbons (Fsp3) is 0.895. The Morgan fingerprint density at radius 3 is 1.92 bits per heavy atom. The number of carbonyl (C=O) groups is 2. The van der Waals surface area contributed by atoms with E-state index in [1.165, 1.54) is 38.5 Å². The Bertz CT molecular complexity index is 547. The van der Waals surface area contributed by atoms with Crippen LogP contribution in [0.4, 0.5) is 13.2 Å². The van der Waals surface area contributed by atoms with Crippen LogP contribution < -0.4 is 5.32 Å². The van der Waals surface area contributed by atoms with Crippen LogP contribution in [0, 0.1) is 23.2 Å². The van der Waals surface area contributed by atoms with Gasteiger partial charge in [-0.25, -0.2) is 0 Å². The van der Waals surface area contributed by atoms with E-state index in [-0.39, 0.29) is 11.3 Å². The van der Waals surface area contributed by atoms with Crippen molar-refractivity contribution >= 4 is 11.8 Å². The summed E-state index contributed by atoms with van der Waals surface area (Å²) in [6.07, 6.45) is 4.14. The van der Waals surface area contributed by atoms with Crippen molar-refractivity contribution in [2.24, 2.45) is 23.2 Å². The molecule has 0 unspecified atom stereocenters. The van der Waals surface area contributed by atoms with Crippen molar-refractivity contribution in [3.8, 4) is 0 Å². The highest BCUT2D eigenvalue weighted by Gasteiger charge is 2.51. The molecule has 0 aromatic rings. The second kappa shape index (κ2) is 6.41. The summed E-state index contributed by atoms with van der Waals surface area (Å²) in [5, 5.41) is 2.04. The Kier molecular flexibility index (Phi) is 4.47. The Labute approximate surface area is 151 Å². The summed E-state index contributed by atoms with van der Waals surface area (Å²) in [4.78, 5) is 25.7. The number of hydrogen-bond acceptors (Lipinski definition) is 2. The number of nitrogens with zero attached hydrogens (tertiary/aromatic N) is 1. The van der Waals surface area contributed by atoms with Gasteiger partial charge in [0.15, 0.2) is 0 Å². The summed E-state index contributed by atoms with van der Waals surface area (Å²) in [5.74, 6) is 0.690. The molecule has 1 N–H and O–H groups in total. The predicted molar refractivity (Wildman–Crippen MR) is 89.0 cm³/mol. The first kappa shape index (κ1) is 18.1. The summed E-state index contributed by atoms with van der Waals surface area (Å²) in [7, 11) is 0.